The van der Waals surface area contributed by atoms with Gasteiger partial charge in [0, 0.05) is 11.3 Å². The zero-order valence-electron chi connectivity index (χ0n) is 18.6. The van der Waals surface area contributed by atoms with Gasteiger partial charge in [-0.3, -0.25) is 9.59 Å². The minimum atomic E-state index is -0.493. The molecule has 0 atom stereocenters. The topological polar surface area (TPSA) is 67.8 Å². The van der Waals surface area contributed by atoms with E-state index in [0.29, 0.717) is 54.0 Å². The largest absolute Gasteiger partial charge is 0.460 e. The molecule has 0 saturated heterocycles. The Morgan fingerprint density at radius 2 is 1.47 bits per heavy atom. The summed E-state index contributed by atoms with van der Waals surface area (Å²) in [6.45, 7) is -0.151. The molecule has 3 aromatic rings. The first kappa shape index (κ1) is 26.0. The number of hydrogen-bond acceptors (Lipinski definition) is 5. The summed E-state index contributed by atoms with van der Waals surface area (Å²) >= 11 is 25.0. The number of rotatable bonds is 7. The summed E-state index contributed by atoms with van der Waals surface area (Å²) in [4.78, 5) is 29.2. The van der Waals surface area contributed by atoms with Crippen LogP contribution in [-0.2, 0) is 20.7 Å². The number of hydrogen-bond donors (Lipinski definition) is 1. The number of carbonyl (C=O) groups excluding carboxylic acids is 2. The molecule has 182 valence electrons. The summed E-state index contributed by atoms with van der Waals surface area (Å²) in [6, 6.07) is 17.5. The first-order valence-corrected chi connectivity index (χ1v) is 12.2. The number of benzene rings is 3. The van der Waals surface area contributed by atoms with Crippen LogP contribution in [0.4, 0.5) is 17.1 Å². The molecule has 9 heteroatoms. The van der Waals surface area contributed by atoms with Crippen LogP contribution in [0.15, 0.2) is 89.5 Å². The lowest BCUT2D eigenvalue weighted by Crippen LogP contribution is -2.17. The Kier molecular flexibility index (Phi) is 8.49. The van der Waals surface area contributed by atoms with Gasteiger partial charge in [-0.2, -0.15) is 0 Å². The second-order valence-corrected chi connectivity index (χ2v) is 9.32. The first-order valence-electron chi connectivity index (χ1n) is 10.7. The van der Waals surface area contributed by atoms with E-state index in [1.54, 1.807) is 42.5 Å². The van der Waals surface area contributed by atoms with E-state index < -0.39 is 5.97 Å². The van der Waals surface area contributed by atoms with Crippen LogP contribution in [0.5, 0.6) is 0 Å². The molecule has 36 heavy (non-hydrogen) atoms. The molecule has 5 nitrogen and oxygen atoms in total. The molecule has 0 bridgehead atoms. The smallest absolute Gasteiger partial charge is 0.310 e. The summed E-state index contributed by atoms with van der Waals surface area (Å²) in [5.41, 5.74) is 3.11. The number of anilines is 2. The third-order valence-electron chi connectivity index (χ3n) is 5.18. The van der Waals surface area contributed by atoms with Crippen LogP contribution in [0.3, 0.4) is 0 Å². The summed E-state index contributed by atoms with van der Waals surface area (Å²) in [7, 11) is 0. The van der Waals surface area contributed by atoms with E-state index in [1.807, 2.05) is 18.2 Å². The Morgan fingerprint density at radius 1 is 0.833 bits per heavy atom. The molecule has 0 radical (unpaired) electrons. The number of aliphatic imine (C=N–C) groups is 1. The van der Waals surface area contributed by atoms with Gasteiger partial charge in [-0.25, -0.2) is 4.99 Å². The van der Waals surface area contributed by atoms with Crippen LogP contribution >= 0.6 is 46.4 Å². The molecule has 0 aromatic heterocycles. The molecule has 1 N–H and O–H groups in total. The van der Waals surface area contributed by atoms with Crippen LogP contribution < -0.4 is 5.32 Å². The Morgan fingerprint density at radius 3 is 2.17 bits per heavy atom. The van der Waals surface area contributed by atoms with Gasteiger partial charge in [0.15, 0.2) is 5.78 Å². The predicted molar refractivity (Wildman–Crippen MR) is 147 cm³/mol. The van der Waals surface area contributed by atoms with Crippen molar-refractivity contribution >= 4 is 80.9 Å². The number of nitrogens with one attached hydrogen (secondary N) is 1. The standard InChI is InChI=1S/C27H18Cl4N2O3/c28-19-6-3-7-20(29)26(19)32-23-10-2-1-5-16(23)14-25(35)36-15-17-13-18(34)11-12-24(17)33-27-21(30)8-4-9-22(27)31/h1-13,32H,14-15H2. The second kappa shape index (κ2) is 11.8. The fraction of sp³-hybridized carbons (Fsp3) is 0.0741. The molecule has 4 rings (SSSR count). The van der Waals surface area contributed by atoms with Gasteiger partial charge in [0.25, 0.3) is 0 Å². The van der Waals surface area contributed by atoms with Gasteiger partial charge in [0.2, 0.25) is 0 Å². The van der Waals surface area contributed by atoms with Crippen LogP contribution in [0, 0.1) is 0 Å². The van der Waals surface area contributed by atoms with Gasteiger partial charge in [0.1, 0.15) is 12.3 Å². The minimum Gasteiger partial charge on any atom is -0.460 e. The molecule has 3 aromatic carbocycles. The molecule has 1 aliphatic carbocycles. The van der Waals surface area contributed by atoms with Crippen molar-refractivity contribution in [2.75, 3.05) is 11.9 Å². The molecule has 0 saturated carbocycles. The van der Waals surface area contributed by atoms with Crippen molar-refractivity contribution in [2.45, 2.75) is 6.42 Å². The maximum Gasteiger partial charge on any atom is 0.310 e. The van der Waals surface area contributed by atoms with Crippen LogP contribution in [0.25, 0.3) is 0 Å². The van der Waals surface area contributed by atoms with E-state index >= 15 is 0 Å². The molecule has 0 spiro atoms. The van der Waals surface area contributed by atoms with E-state index in [1.165, 1.54) is 18.2 Å². The normalized spacial score (nSPS) is 14.1. The van der Waals surface area contributed by atoms with Crippen LogP contribution in [0.2, 0.25) is 20.1 Å². The average Bonchev–Trinajstić information content (AvgIpc) is 2.84. The number of halogens is 4. The van der Waals surface area contributed by atoms with Gasteiger partial charge in [-0.05, 0) is 54.1 Å². The lowest BCUT2D eigenvalue weighted by molar-refractivity contribution is -0.141. The molecule has 0 unspecified atom stereocenters. The molecular weight excluding hydrogens is 542 g/mol. The molecule has 0 aliphatic heterocycles. The van der Waals surface area contributed by atoms with Crippen molar-refractivity contribution in [3.05, 3.63) is 110 Å². The van der Waals surface area contributed by atoms with E-state index in [2.05, 4.69) is 10.3 Å². The SMILES string of the molecule is O=C1C=CC(=Nc2c(Cl)cccc2Cl)C(COC(=O)Cc2ccccc2Nc2c(Cl)cccc2Cl)=C1. The van der Waals surface area contributed by atoms with Gasteiger partial charge in [-0.1, -0.05) is 76.7 Å². The minimum absolute atomic E-state index is 0.0227. The van der Waals surface area contributed by atoms with E-state index in [4.69, 9.17) is 51.1 Å². The third-order valence-corrected chi connectivity index (χ3v) is 6.42. The Hall–Kier alpha value is -3.09. The number of nitrogens with zero attached hydrogens (tertiary/aromatic N) is 1. The molecular formula is C27H18Cl4N2O3. The maximum atomic E-state index is 12.7. The summed E-state index contributed by atoms with van der Waals surface area (Å²) < 4.78 is 5.49. The lowest BCUT2D eigenvalue weighted by atomic mass is 10.0. The monoisotopic (exact) mass is 558 g/mol. The molecule has 0 amide bonds. The van der Waals surface area contributed by atoms with Gasteiger partial charge >= 0.3 is 5.97 Å². The summed E-state index contributed by atoms with van der Waals surface area (Å²) in [5, 5.41) is 4.81. The van der Waals surface area contributed by atoms with Crippen molar-refractivity contribution in [1.29, 1.82) is 0 Å². The Labute approximate surface area is 228 Å². The van der Waals surface area contributed by atoms with Crippen LogP contribution in [0.1, 0.15) is 5.56 Å². The van der Waals surface area contributed by atoms with E-state index in [0.717, 1.165) is 0 Å². The molecule has 1 aliphatic rings. The number of ketones is 1. The molecule has 0 heterocycles. The number of esters is 1. The quantitative estimate of drug-likeness (QED) is 0.235. The third kappa shape index (κ3) is 6.37. The Balaban J connectivity index is 1.48. The number of ether oxygens (including phenoxy) is 1. The zero-order chi connectivity index (χ0) is 25.7. The second-order valence-electron chi connectivity index (χ2n) is 7.69. The zero-order valence-corrected chi connectivity index (χ0v) is 21.6. The van der Waals surface area contributed by atoms with E-state index in [-0.39, 0.29) is 18.8 Å². The highest BCUT2D eigenvalue weighted by molar-refractivity contribution is 6.40. The van der Waals surface area contributed by atoms with Gasteiger partial charge in [0.05, 0.1) is 37.9 Å². The summed E-state index contributed by atoms with van der Waals surface area (Å²) in [6.07, 6.45) is 4.26. The van der Waals surface area contributed by atoms with Crippen molar-refractivity contribution in [3.8, 4) is 0 Å². The van der Waals surface area contributed by atoms with Crippen molar-refractivity contribution in [3.63, 3.8) is 0 Å². The van der Waals surface area contributed by atoms with Gasteiger partial charge in [-0.15, -0.1) is 0 Å². The molecule has 0 fully saturated rings. The Bertz CT molecular complexity index is 1390. The fourth-order valence-corrected chi connectivity index (χ4v) is 4.39. The van der Waals surface area contributed by atoms with Crippen molar-refractivity contribution < 1.29 is 14.3 Å². The van der Waals surface area contributed by atoms with Crippen molar-refractivity contribution in [1.82, 2.24) is 0 Å². The lowest BCUT2D eigenvalue weighted by Gasteiger charge is -2.15. The van der Waals surface area contributed by atoms with Crippen LogP contribution in [-0.4, -0.2) is 24.1 Å². The number of carbonyl (C=O) groups is 2. The fourth-order valence-electron chi connectivity index (χ4n) is 3.42. The summed E-state index contributed by atoms with van der Waals surface area (Å²) in [5.74, 6) is -0.732. The predicted octanol–water partition coefficient (Wildman–Crippen LogP) is 7.97. The van der Waals surface area contributed by atoms with Crippen molar-refractivity contribution in [2.24, 2.45) is 4.99 Å². The highest BCUT2D eigenvalue weighted by Crippen LogP contribution is 2.35. The first-order chi connectivity index (χ1) is 17.3. The van der Waals surface area contributed by atoms with E-state index in [9.17, 15) is 9.59 Å². The number of para-hydroxylation sites is 3. The maximum absolute atomic E-state index is 12.7. The highest BCUT2D eigenvalue weighted by Gasteiger charge is 2.17. The average molecular weight is 560 g/mol. The highest BCUT2D eigenvalue weighted by atomic mass is 35.5. The van der Waals surface area contributed by atoms with Gasteiger partial charge < -0.3 is 10.1 Å². The number of allylic oxidation sites excluding steroid dienone is 3.